The topological polar surface area (TPSA) is 150 Å². The van der Waals surface area contributed by atoms with Crippen LogP contribution in [0, 0.1) is 5.92 Å². The summed E-state index contributed by atoms with van der Waals surface area (Å²) in [5.74, 6) is -0.941. The van der Waals surface area contributed by atoms with Crippen molar-refractivity contribution in [1.29, 1.82) is 0 Å². The molecule has 0 saturated carbocycles. The van der Waals surface area contributed by atoms with E-state index in [1.807, 2.05) is 13.8 Å². The fourth-order valence-corrected chi connectivity index (χ4v) is 1.69. The van der Waals surface area contributed by atoms with Crippen molar-refractivity contribution in [2.24, 2.45) is 5.92 Å². The number of rotatable bonds is 10. The van der Waals surface area contributed by atoms with Crippen molar-refractivity contribution in [3.8, 4) is 0 Å². The summed E-state index contributed by atoms with van der Waals surface area (Å²) in [7, 11) is 0. The molecular weight excluding hydrogens is 270 g/mol. The van der Waals surface area contributed by atoms with E-state index in [1.165, 1.54) is 0 Å². The van der Waals surface area contributed by atoms with Crippen molar-refractivity contribution in [1.82, 2.24) is 5.32 Å². The maximum absolute atomic E-state index is 11.0. The highest BCUT2D eigenvalue weighted by molar-refractivity contribution is 5.73. The predicted molar refractivity (Wildman–Crippen MR) is 70.0 cm³/mol. The summed E-state index contributed by atoms with van der Waals surface area (Å²) >= 11 is 0. The molecule has 0 aliphatic heterocycles. The third-order valence-corrected chi connectivity index (χ3v) is 2.90. The molecule has 0 rings (SSSR count). The minimum absolute atomic E-state index is 0.132. The second kappa shape index (κ2) is 9.22. The van der Waals surface area contributed by atoms with Gasteiger partial charge in [-0.05, 0) is 12.3 Å². The number of carboxylic acids is 1. The number of aliphatic hydroxyl groups is 5. The zero-order valence-electron chi connectivity index (χ0n) is 11.7. The number of carboxylic acid groups (broad SMARTS) is 1. The third-order valence-electron chi connectivity index (χ3n) is 2.90. The molecule has 0 fully saturated rings. The molecular formula is C12H25NO7. The highest BCUT2D eigenvalue weighted by Crippen LogP contribution is 2.07. The molecule has 20 heavy (non-hydrogen) atoms. The summed E-state index contributed by atoms with van der Waals surface area (Å²) in [5, 5.41) is 57.9. The van der Waals surface area contributed by atoms with Crippen LogP contribution in [0.2, 0.25) is 0 Å². The van der Waals surface area contributed by atoms with E-state index in [2.05, 4.69) is 5.32 Å². The van der Waals surface area contributed by atoms with Crippen LogP contribution in [0.1, 0.15) is 20.3 Å². The SMILES string of the molecule is CC(C)C[C@H](NC[C@@H](O)[C@@H](O)[C@H](O)[C@H](O)CO)C(=O)O. The van der Waals surface area contributed by atoms with E-state index in [4.69, 9.17) is 15.3 Å². The van der Waals surface area contributed by atoms with Gasteiger partial charge < -0.3 is 36.0 Å². The van der Waals surface area contributed by atoms with Gasteiger partial charge in [0.05, 0.1) is 12.7 Å². The van der Waals surface area contributed by atoms with Crippen LogP contribution in [0.4, 0.5) is 0 Å². The van der Waals surface area contributed by atoms with E-state index < -0.39 is 43.0 Å². The highest BCUT2D eigenvalue weighted by Gasteiger charge is 2.30. The molecule has 0 unspecified atom stereocenters. The average Bonchev–Trinajstić information content (AvgIpc) is 2.39. The quantitative estimate of drug-likeness (QED) is 0.234. The Hall–Kier alpha value is -0.770. The number of nitrogens with one attached hydrogen (secondary N) is 1. The van der Waals surface area contributed by atoms with Gasteiger partial charge in [-0.15, -0.1) is 0 Å². The zero-order valence-corrected chi connectivity index (χ0v) is 11.7. The van der Waals surface area contributed by atoms with Crippen LogP contribution in [0.15, 0.2) is 0 Å². The molecule has 8 heteroatoms. The molecule has 5 atom stereocenters. The maximum Gasteiger partial charge on any atom is 0.320 e. The van der Waals surface area contributed by atoms with E-state index in [0.717, 1.165) is 0 Å². The average molecular weight is 295 g/mol. The lowest BCUT2D eigenvalue weighted by molar-refractivity contribution is -0.140. The molecule has 120 valence electrons. The Morgan fingerprint density at radius 1 is 1.05 bits per heavy atom. The lowest BCUT2D eigenvalue weighted by Crippen LogP contribution is -2.51. The van der Waals surface area contributed by atoms with Crippen molar-refractivity contribution in [2.75, 3.05) is 13.2 Å². The molecule has 0 aromatic rings. The molecule has 0 amide bonds. The van der Waals surface area contributed by atoms with Crippen LogP contribution in [0.5, 0.6) is 0 Å². The molecule has 0 aromatic carbocycles. The van der Waals surface area contributed by atoms with Crippen LogP contribution in [0.3, 0.4) is 0 Å². The molecule has 0 radical (unpaired) electrons. The molecule has 0 aromatic heterocycles. The largest absolute Gasteiger partial charge is 0.480 e. The molecule has 0 aliphatic carbocycles. The van der Waals surface area contributed by atoms with Gasteiger partial charge in [0.15, 0.2) is 0 Å². The second-order valence-electron chi connectivity index (χ2n) is 5.23. The summed E-state index contributed by atoms with van der Waals surface area (Å²) in [5.41, 5.74) is 0. The van der Waals surface area contributed by atoms with Crippen molar-refractivity contribution >= 4 is 5.97 Å². The molecule has 8 nitrogen and oxygen atoms in total. The number of carbonyl (C=O) groups is 1. The standard InChI is InChI=1S/C12H25NO7/c1-6(2)3-7(12(19)20)13-4-8(15)10(17)11(18)9(16)5-14/h6-11,13-18H,3-5H2,1-2H3,(H,19,20)/t7-,8+,9+,10+,11+/m0/s1. The Kier molecular flexibility index (Phi) is 8.86. The number of hydrogen-bond donors (Lipinski definition) is 7. The first-order valence-corrected chi connectivity index (χ1v) is 6.50. The molecule has 0 saturated heterocycles. The minimum atomic E-state index is -1.72. The zero-order chi connectivity index (χ0) is 15.9. The maximum atomic E-state index is 11.0. The van der Waals surface area contributed by atoms with Crippen LogP contribution in [0.25, 0.3) is 0 Å². The fourth-order valence-electron chi connectivity index (χ4n) is 1.69. The molecule has 0 spiro atoms. The van der Waals surface area contributed by atoms with E-state index in [0.29, 0.717) is 6.42 Å². The van der Waals surface area contributed by atoms with Crippen LogP contribution >= 0.6 is 0 Å². The Morgan fingerprint density at radius 3 is 1.95 bits per heavy atom. The van der Waals surface area contributed by atoms with Crippen LogP contribution < -0.4 is 5.32 Å². The number of hydrogen-bond acceptors (Lipinski definition) is 7. The first kappa shape index (κ1) is 19.2. The van der Waals surface area contributed by atoms with E-state index >= 15 is 0 Å². The lowest BCUT2D eigenvalue weighted by atomic mass is 10.0. The molecule has 7 N–H and O–H groups in total. The summed E-state index contributed by atoms with van der Waals surface area (Å²) in [6.45, 7) is 2.68. The van der Waals surface area contributed by atoms with E-state index in [9.17, 15) is 20.1 Å². The molecule has 0 bridgehead atoms. The minimum Gasteiger partial charge on any atom is -0.480 e. The normalized spacial score (nSPS) is 19.4. The van der Waals surface area contributed by atoms with Gasteiger partial charge in [-0.2, -0.15) is 0 Å². The van der Waals surface area contributed by atoms with Gasteiger partial charge in [-0.1, -0.05) is 13.8 Å². The third kappa shape index (κ3) is 6.60. The summed E-state index contributed by atoms with van der Waals surface area (Å²) < 4.78 is 0. The van der Waals surface area contributed by atoms with Crippen molar-refractivity contribution in [3.63, 3.8) is 0 Å². The fraction of sp³-hybridized carbons (Fsp3) is 0.917. The Labute approximate surface area is 117 Å². The molecule has 0 heterocycles. The molecule has 0 aliphatic rings. The van der Waals surface area contributed by atoms with Gasteiger partial charge in [-0.3, -0.25) is 4.79 Å². The first-order chi connectivity index (χ1) is 9.20. The number of aliphatic carboxylic acids is 1. The lowest BCUT2D eigenvalue weighted by Gasteiger charge is -2.27. The van der Waals surface area contributed by atoms with E-state index in [-0.39, 0.29) is 12.5 Å². The number of aliphatic hydroxyl groups excluding tert-OH is 5. The van der Waals surface area contributed by atoms with Crippen molar-refractivity contribution in [2.45, 2.75) is 50.7 Å². The Morgan fingerprint density at radius 2 is 1.55 bits per heavy atom. The van der Waals surface area contributed by atoms with Gasteiger partial charge in [0.2, 0.25) is 0 Å². The van der Waals surface area contributed by atoms with Gasteiger partial charge in [0.25, 0.3) is 0 Å². The van der Waals surface area contributed by atoms with E-state index in [1.54, 1.807) is 0 Å². The van der Waals surface area contributed by atoms with Crippen LogP contribution in [-0.4, -0.2) is 80.2 Å². The summed E-state index contributed by atoms with van der Waals surface area (Å²) in [4.78, 5) is 11.0. The summed E-state index contributed by atoms with van der Waals surface area (Å²) in [6, 6.07) is -0.878. The van der Waals surface area contributed by atoms with Crippen LogP contribution in [-0.2, 0) is 4.79 Å². The first-order valence-electron chi connectivity index (χ1n) is 6.50. The monoisotopic (exact) mass is 295 g/mol. The van der Waals surface area contributed by atoms with Crippen molar-refractivity contribution < 1.29 is 35.4 Å². The summed E-state index contributed by atoms with van der Waals surface area (Å²) in [6.07, 6.45) is -6.12. The predicted octanol–water partition coefficient (Wildman–Crippen LogP) is -2.49. The van der Waals surface area contributed by atoms with Gasteiger partial charge in [0, 0.05) is 6.54 Å². The van der Waals surface area contributed by atoms with Gasteiger partial charge in [0.1, 0.15) is 24.4 Å². The Bertz CT molecular complexity index is 287. The smallest absolute Gasteiger partial charge is 0.320 e. The Balaban J connectivity index is 4.37. The van der Waals surface area contributed by atoms with Crippen molar-refractivity contribution in [3.05, 3.63) is 0 Å². The highest BCUT2D eigenvalue weighted by atomic mass is 16.4. The van der Waals surface area contributed by atoms with Gasteiger partial charge in [-0.25, -0.2) is 0 Å². The second-order valence-corrected chi connectivity index (χ2v) is 5.23. The van der Waals surface area contributed by atoms with Gasteiger partial charge >= 0.3 is 5.97 Å².